The Labute approximate surface area is 310 Å². The molecule has 3 nitrogen and oxygen atoms in total. The van der Waals surface area contributed by atoms with E-state index in [-0.39, 0.29) is 0 Å². The molecule has 11 aliphatic rings. The van der Waals surface area contributed by atoms with E-state index in [1.807, 2.05) is 0 Å². The molecule has 16 unspecified atom stereocenters. The Morgan fingerprint density at radius 2 is 0.980 bits per heavy atom. The van der Waals surface area contributed by atoms with Crippen molar-refractivity contribution in [1.82, 2.24) is 4.90 Å². The molecule has 11 fully saturated rings. The van der Waals surface area contributed by atoms with E-state index in [0.717, 1.165) is 87.8 Å². The molecule has 11 rings (SSSR count). The van der Waals surface area contributed by atoms with Crippen molar-refractivity contribution in [2.75, 3.05) is 0 Å². The first-order valence-corrected chi connectivity index (χ1v) is 24.5. The van der Waals surface area contributed by atoms with Crippen molar-refractivity contribution in [1.29, 1.82) is 0 Å². The molecule has 0 aromatic heterocycles. The van der Waals surface area contributed by atoms with Crippen LogP contribution >= 0.6 is 11.8 Å². The molecular weight excluding hydrogens is 631 g/mol. The fraction of sp³-hybridized carbons (Fsp3) is 1.00. The summed E-state index contributed by atoms with van der Waals surface area (Å²) in [5.41, 5.74) is 0. The number of hydrogen-bond acceptors (Lipinski definition) is 4. The van der Waals surface area contributed by atoms with Gasteiger partial charge in [-0.15, -0.1) is 0 Å². The standard InChI is InChI=1S/C46H73NO2S/c1-2-10-28(11-3-1)29-20-23-31(24-21-29)47(37-16-9-19-40-42(37)36-25-22-30-12-4-5-13-32(30)44(36)49-40)38-17-8-15-33-34-26-27-41-43(46(34)50-45(33)38)35-14-6-7-18-39(35)48-41/h28-46H,1-27H2. The van der Waals surface area contributed by atoms with Crippen LogP contribution < -0.4 is 0 Å². The molecule has 0 spiro atoms. The zero-order valence-corrected chi connectivity index (χ0v) is 32.5. The van der Waals surface area contributed by atoms with E-state index in [1.54, 1.807) is 25.7 Å². The molecule has 8 saturated carbocycles. The zero-order valence-electron chi connectivity index (χ0n) is 31.7. The number of thioether (sulfide) groups is 1. The van der Waals surface area contributed by atoms with Crippen molar-refractivity contribution in [3.63, 3.8) is 0 Å². The van der Waals surface area contributed by atoms with Crippen molar-refractivity contribution in [3.8, 4) is 0 Å². The van der Waals surface area contributed by atoms with Crippen molar-refractivity contribution < 1.29 is 9.47 Å². The predicted octanol–water partition coefficient (Wildman–Crippen LogP) is 11.2. The third kappa shape index (κ3) is 5.63. The summed E-state index contributed by atoms with van der Waals surface area (Å²) in [4.78, 5) is 3.46. The van der Waals surface area contributed by atoms with Crippen LogP contribution in [0.2, 0.25) is 0 Å². The number of fused-ring (bicyclic) bond motifs is 12. The summed E-state index contributed by atoms with van der Waals surface area (Å²) in [5.74, 6) is 9.42. The average molecular weight is 704 g/mol. The maximum absolute atomic E-state index is 7.41. The van der Waals surface area contributed by atoms with E-state index in [0.29, 0.717) is 24.4 Å². The minimum absolute atomic E-state index is 0.573. The van der Waals surface area contributed by atoms with Crippen molar-refractivity contribution in [2.45, 2.75) is 226 Å². The quantitative estimate of drug-likeness (QED) is 0.291. The van der Waals surface area contributed by atoms with Crippen LogP contribution in [0.1, 0.15) is 173 Å². The Morgan fingerprint density at radius 1 is 0.360 bits per heavy atom. The lowest BCUT2D eigenvalue weighted by Gasteiger charge is -2.54. The second-order valence-electron chi connectivity index (χ2n) is 20.8. The molecule has 280 valence electrons. The van der Waals surface area contributed by atoms with Crippen LogP contribution in [-0.4, -0.2) is 57.9 Å². The molecule has 0 bridgehead atoms. The summed E-state index contributed by atoms with van der Waals surface area (Å²) in [7, 11) is 0. The van der Waals surface area contributed by atoms with Crippen LogP contribution in [0.3, 0.4) is 0 Å². The SMILES string of the molecule is C1CCC(C2CCC(N(C3CCCC4C5CCC6OC7CCCCC7C6C5SC43)C3CCCC4OC5C6CCCCC6CCC5C43)CC2)CC1. The number of nitrogens with zero attached hydrogens (tertiary/aromatic N) is 1. The molecule has 0 N–H and O–H groups in total. The third-order valence-corrected chi connectivity index (χ3v) is 20.9. The van der Waals surface area contributed by atoms with Gasteiger partial charge < -0.3 is 9.47 Å². The lowest BCUT2D eigenvalue weighted by molar-refractivity contribution is -0.0647. The lowest BCUT2D eigenvalue weighted by atomic mass is 9.61. The van der Waals surface area contributed by atoms with Crippen molar-refractivity contribution in [2.24, 2.45) is 59.2 Å². The maximum atomic E-state index is 7.41. The van der Waals surface area contributed by atoms with Crippen LogP contribution in [0, 0.1) is 59.2 Å². The molecule has 0 amide bonds. The van der Waals surface area contributed by atoms with Crippen LogP contribution in [0.5, 0.6) is 0 Å². The summed E-state index contributed by atoms with van der Waals surface area (Å²) in [6, 6.07) is 2.48. The Hall–Kier alpha value is 0.230. The first kappa shape index (κ1) is 33.6. The molecule has 4 heteroatoms. The molecular formula is C46H73NO2S. The van der Waals surface area contributed by atoms with Crippen LogP contribution in [0.4, 0.5) is 0 Å². The van der Waals surface area contributed by atoms with Crippen LogP contribution in [-0.2, 0) is 9.47 Å². The molecule has 3 saturated heterocycles. The Bertz CT molecular complexity index is 1180. The van der Waals surface area contributed by atoms with Crippen molar-refractivity contribution in [3.05, 3.63) is 0 Å². The van der Waals surface area contributed by atoms with Gasteiger partial charge in [0.2, 0.25) is 0 Å². The molecule has 0 radical (unpaired) electrons. The van der Waals surface area contributed by atoms with Gasteiger partial charge in [-0.2, -0.15) is 11.8 Å². The smallest absolute Gasteiger partial charge is 0.0642 e. The van der Waals surface area contributed by atoms with Gasteiger partial charge in [0.1, 0.15) is 0 Å². The second-order valence-corrected chi connectivity index (χ2v) is 22.1. The van der Waals surface area contributed by atoms with Gasteiger partial charge in [-0.25, -0.2) is 0 Å². The third-order valence-electron chi connectivity index (χ3n) is 18.9. The fourth-order valence-corrected chi connectivity index (χ4v) is 19.5. The molecule has 16 atom stereocenters. The predicted molar refractivity (Wildman–Crippen MR) is 205 cm³/mol. The first-order valence-electron chi connectivity index (χ1n) is 23.5. The van der Waals surface area contributed by atoms with Gasteiger partial charge in [-0.05, 0) is 150 Å². The lowest BCUT2D eigenvalue weighted by Crippen LogP contribution is -2.60. The molecule has 3 aliphatic heterocycles. The Kier molecular flexibility index (Phi) is 9.44. The Morgan fingerprint density at radius 3 is 1.88 bits per heavy atom. The summed E-state index contributed by atoms with van der Waals surface area (Å²) in [6.45, 7) is 0. The van der Waals surface area contributed by atoms with Gasteiger partial charge in [0.25, 0.3) is 0 Å². The van der Waals surface area contributed by atoms with E-state index in [9.17, 15) is 0 Å². The normalized spacial score (nSPS) is 54.9. The van der Waals surface area contributed by atoms with Gasteiger partial charge in [0.15, 0.2) is 0 Å². The molecule has 0 aromatic rings. The maximum Gasteiger partial charge on any atom is 0.0642 e. The number of hydrogen-bond donors (Lipinski definition) is 0. The topological polar surface area (TPSA) is 21.7 Å². The molecule has 3 heterocycles. The largest absolute Gasteiger partial charge is 0.374 e. The van der Waals surface area contributed by atoms with Crippen LogP contribution in [0.15, 0.2) is 0 Å². The second kappa shape index (κ2) is 14.1. The average Bonchev–Trinajstić information content (AvgIpc) is 3.87. The van der Waals surface area contributed by atoms with Gasteiger partial charge in [0.05, 0.1) is 24.4 Å². The van der Waals surface area contributed by atoms with E-state index in [4.69, 9.17) is 9.47 Å². The van der Waals surface area contributed by atoms with E-state index >= 15 is 0 Å². The summed E-state index contributed by atoms with van der Waals surface area (Å²) in [5, 5.41) is 1.80. The highest BCUT2D eigenvalue weighted by Gasteiger charge is 2.62. The van der Waals surface area contributed by atoms with Gasteiger partial charge in [0, 0.05) is 40.5 Å². The summed E-state index contributed by atoms with van der Waals surface area (Å²) < 4.78 is 14.4. The first-order chi connectivity index (χ1) is 24.8. The minimum Gasteiger partial charge on any atom is -0.374 e. The summed E-state index contributed by atoms with van der Waals surface area (Å²) in [6.07, 6.45) is 42.5. The van der Waals surface area contributed by atoms with Crippen LogP contribution in [0.25, 0.3) is 0 Å². The number of ether oxygens (including phenoxy) is 2. The van der Waals surface area contributed by atoms with Gasteiger partial charge in [-0.3, -0.25) is 4.90 Å². The number of rotatable bonds is 4. The molecule has 0 aromatic carbocycles. The van der Waals surface area contributed by atoms with Crippen molar-refractivity contribution >= 4 is 11.8 Å². The summed E-state index contributed by atoms with van der Waals surface area (Å²) >= 11 is 2.61. The highest BCUT2D eigenvalue weighted by atomic mass is 32.2. The molecule has 8 aliphatic carbocycles. The fourth-order valence-electron chi connectivity index (χ4n) is 17.0. The highest BCUT2D eigenvalue weighted by molar-refractivity contribution is 8.00. The molecule has 50 heavy (non-hydrogen) atoms. The zero-order chi connectivity index (χ0) is 32.8. The highest BCUT2D eigenvalue weighted by Crippen LogP contribution is 2.63. The van der Waals surface area contributed by atoms with E-state index in [2.05, 4.69) is 16.7 Å². The minimum atomic E-state index is 0.573. The van der Waals surface area contributed by atoms with E-state index < -0.39 is 0 Å². The van der Waals surface area contributed by atoms with Gasteiger partial charge in [-0.1, -0.05) is 70.6 Å². The Balaban J connectivity index is 0.900. The monoisotopic (exact) mass is 704 g/mol. The van der Waals surface area contributed by atoms with E-state index in [1.165, 1.54) is 148 Å². The van der Waals surface area contributed by atoms with Gasteiger partial charge >= 0.3 is 0 Å².